The van der Waals surface area contributed by atoms with Gasteiger partial charge in [-0.15, -0.1) is 0 Å². The van der Waals surface area contributed by atoms with Crippen LogP contribution < -0.4 is 22.7 Å². The van der Waals surface area contributed by atoms with Gasteiger partial charge in [0, 0.05) is 12.3 Å². The largest absolute Gasteiger partial charge is 0.394 e. The van der Waals surface area contributed by atoms with E-state index in [-0.39, 0.29) is 0 Å². The van der Waals surface area contributed by atoms with E-state index >= 15 is 0 Å². The van der Waals surface area contributed by atoms with E-state index in [9.17, 15) is 19.8 Å². The monoisotopic (exact) mass is 304 g/mol. The number of amides is 2. The Morgan fingerprint density at radius 3 is 2.33 bits per heavy atom. The summed E-state index contributed by atoms with van der Waals surface area (Å²) in [5, 5.41) is 28.1. The normalized spacial score (nSPS) is 27.8. The third-order valence-corrected chi connectivity index (χ3v) is 2.64. The fourth-order valence-corrected chi connectivity index (χ4v) is 1.74. The molecule has 118 valence electrons. The van der Waals surface area contributed by atoms with E-state index in [1.54, 1.807) is 0 Å². The van der Waals surface area contributed by atoms with Crippen LogP contribution in [0.25, 0.3) is 0 Å². The number of aromatic amines is 1. The Morgan fingerprint density at radius 1 is 1.33 bits per heavy atom. The number of rotatable bonds is 2. The highest BCUT2D eigenvalue weighted by Gasteiger charge is 2.43. The van der Waals surface area contributed by atoms with E-state index < -0.39 is 48.4 Å². The quantitative estimate of drug-likeness (QED) is 0.322. The van der Waals surface area contributed by atoms with Gasteiger partial charge in [0.2, 0.25) is 0 Å². The molecule has 2 amide bonds. The maximum Gasteiger partial charge on any atom is 0.330 e. The summed E-state index contributed by atoms with van der Waals surface area (Å²) in [6.07, 6.45) is -3.58. The van der Waals surface area contributed by atoms with Crippen molar-refractivity contribution in [3.63, 3.8) is 0 Å². The molecule has 8 N–H and O–H groups in total. The number of hydrogen-bond donors (Lipinski definition) is 6. The van der Waals surface area contributed by atoms with E-state index in [0.29, 0.717) is 0 Å². The lowest BCUT2D eigenvalue weighted by Gasteiger charge is -2.16. The number of carbonyl (C=O) groups excluding carboxylic acids is 1. The number of nitrogens with zero attached hydrogens (tertiary/aromatic N) is 1. The number of hydrogen-bond acceptors (Lipinski definition) is 7. The highest BCUT2D eigenvalue weighted by atomic mass is 16.6. The SMILES string of the molecule is NC(N)=O.O=c1ccn([C@@H]2O[C@H](CO)[C@@H](O)[C@H]2O)c(=O)[nH]1. The summed E-state index contributed by atoms with van der Waals surface area (Å²) in [6, 6.07) is 0.260. The minimum absolute atomic E-state index is 0.479. The van der Waals surface area contributed by atoms with Crippen LogP contribution in [0.3, 0.4) is 0 Å². The number of H-pyrrole nitrogens is 1. The van der Waals surface area contributed by atoms with Crippen molar-refractivity contribution in [1.82, 2.24) is 9.55 Å². The Morgan fingerprint density at radius 2 is 1.90 bits per heavy atom. The van der Waals surface area contributed by atoms with E-state index in [1.165, 1.54) is 0 Å². The number of aliphatic hydroxyl groups excluding tert-OH is 3. The fourth-order valence-electron chi connectivity index (χ4n) is 1.74. The van der Waals surface area contributed by atoms with Crippen LogP contribution in [-0.4, -0.2) is 55.8 Å². The number of carbonyl (C=O) groups is 1. The van der Waals surface area contributed by atoms with Crippen LogP contribution in [0, 0.1) is 0 Å². The first kappa shape index (κ1) is 16.8. The van der Waals surface area contributed by atoms with Crippen molar-refractivity contribution in [2.45, 2.75) is 24.5 Å². The van der Waals surface area contributed by atoms with Gasteiger partial charge in [0.25, 0.3) is 5.56 Å². The Kier molecular flexibility index (Phi) is 5.60. The number of aromatic nitrogens is 2. The third-order valence-electron chi connectivity index (χ3n) is 2.64. The third kappa shape index (κ3) is 4.13. The summed E-state index contributed by atoms with van der Waals surface area (Å²) in [5.74, 6) is 0. The average molecular weight is 304 g/mol. The predicted octanol–water partition coefficient (Wildman–Crippen LogP) is -3.83. The van der Waals surface area contributed by atoms with Gasteiger partial charge in [0.05, 0.1) is 6.61 Å². The molecule has 21 heavy (non-hydrogen) atoms. The molecule has 1 aliphatic heterocycles. The molecule has 0 bridgehead atoms. The zero-order valence-corrected chi connectivity index (χ0v) is 10.7. The van der Waals surface area contributed by atoms with Gasteiger partial charge < -0.3 is 31.5 Å². The predicted molar refractivity (Wildman–Crippen MR) is 68.1 cm³/mol. The first-order chi connectivity index (χ1) is 9.77. The second-order valence-electron chi connectivity index (χ2n) is 4.15. The van der Waals surface area contributed by atoms with Crippen molar-refractivity contribution < 1.29 is 24.9 Å². The maximum absolute atomic E-state index is 11.4. The molecule has 0 saturated carbocycles. The van der Waals surface area contributed by atoms with Gasteiger partial charge in [-0.3, -0.25) is 14.3 Å². The molecule has 0 unspecified atom stereocenters. The molecule has 0 spiro atoms. The lowest BCUT2D eigenvalue weighted by molar-refractivity contribution is -0.0550. The summed E-state index contributed by atoms with van der Waals surface area (Å²) < 4.78 is 6.08. The Balaban J connectivity index is 0.000000491. The zero-order valence-electron chi connectivity index (χ0n) is 10.7. The molecule has 11 heteroatoms. The van der Waals surface area contributed by atoms with Crippen molar-refractivity contribution >= 4 is 6.03 Å². The van der Waals surface area contributed by atoms with Crippen LogP contribution in [0.2, 0.25) is 0 Å². The summed E-state index contributed by atoms with van der Waals surface area (Å²) in [4.78, 5) is 33.3. The molecule has 0 aliphatic carbocycles. The van der Waals surface area contributed by atoms with Gasteiger partial charge in [-0.1, -0.05) is 0 Å². The van der Waals surface area contributed by atoms with Crippen LogP contribution in [-0.2, 0) is 4.74 Å². The summed E-state index contributed by atoms with van der Waals surface area (Å²) in [6.45, 7) is -0.479. The molecule has 0 radical (unpaired) electrons. The van der Waals surface area contributed by atoms with Crippen molar-refractivity contribution in [2.75, 3.05) is 6.61 Å². The molecule has 1 saturated heterocycles. The molecular weight excluding hydrogens is 288 g/mol. The standard InChI is InChI=1S/C9H12N2O6.CH4N2O/c12-3-4-6(14)7(15)8(17-4)11-2-1-5(13)10-9(11)16;2-1(3)4/h1-2,4,6-8,12,14-15H,3H2,(H,10,13,16);(H4,2,3,4)/t4-,6-,7-,8-;/m1./s1. The molecule has 4 atom stereocenters. The van der Waals surface area contributed by atoms with E-state index in [0.717, 1.165) is 16.8 Å². The van der Waals surface area contributed by atoms with Gasteiger partial charge in [-0.25, -0.2) is 9.59 Å². The number of aliphatic hydroxyl groups is 3. The molecule has 1 aliphatic rings. The smallest absolute Gasteiger partial charge is 0.330 e. The average Bonchev–Trinajstić information content (AvgIpc) is 2.66. The van der Waals surface area contributed by atoms with Gasteiger partial charge in [0.1, 0.15) is 18.3 Å². The number of ether oxygens (including phenoxy) is 1. The summed E-state index contributed by atoms with van der Waals surface area (Å²) in [5.41, 5.74) is 7.17. The summed E-state index contributed by atoms with van der Waals surface area (Å²) in [7, 11) is 0. The van der Waals surface area contributed by atoms with Crippen LogP contribution in [0.15, 0.2) is 21.9 Å². The number of nitrogens with one attached hydrogen (secondary N) is 1. The molecule has 1 fully saturated rings. The first-order valence-electron chi connectivity index (χ1n) is 5.76. The van der Waals surface area contributed by atoms with Crippen LogP contribution >= 0.6 is 0 Å². The van der Waals surface area contributed by atoms with Crippen molar-refractivity contribution in [2.24, 2.45) is 11.5 Å². The Hall–Kier alpha value is -2.21. The van der Waals surface area contributed by atoms with Crippen LogP contribution in [0.4, 0.5) is 4.79 Å². The minimum atomic E-state index is -1.35. The molecule has 1 aromatic rings. The summed E-state index contributed by atoms with van der Waals surface area (Å²) >= 11 is 0. The van der Waals surface area contributed by atoms with Gasteiger partial charge in [0.15, 0.2) is 6.23 Å². The van der Waals surface area contributed by atoms with Gasteiger partial charge in [-0.05, 0) is 0 Å². The lowest BCUT2D eigenvalue weighted by Crippen LogP contribution is -2.37. The minimum Gasteiger partial charge on any atom is -0.394 e. The highest BCUT2D eigenvalue weighted by molar-refractivity contribution is 5.69. The second-order valence-corrected chi connectivity index (χ2v) is 4.15. The van der Waals surface area contributed by atoms with Crippen molar-refractivity contribution in [3.8, 4) is 0 Å². The Labute approximate surface area is 117 Å². The number of primary amides is 2. The van der Waals surface area contributed by atoms with E-state index in [1.807, 2.05) is 4.98 Å². The Bertz CT molecular complexity index is 594. The molecule has 2 heterocycles. The molecular formula is C10H16N4O7. The second kappa shape index (κ2) is 6.99. The topological polar surface area (TPSA) is 194 Å². The lowest BCUT2D eigenvalue weighted by atomic mass is 10.1. The van der Waals surface area contributed by atoms with Crippen molar-refractivity contribution in [3.05, 3.63) is 33.1 Å². The molecule has 1 aromatic heterocycles. The highest BCUT2D eigenvalue weighted by Crippen LogP contribution is 2.27. The van der Waals surface area contributed by atoms with E-state index in [4.69, 9.17) is 14.6 Å². The van der Waals surface area contributed by atoms with Crippen molar-refractivity contribution in [1.29, 1.82) is 0 Å². The fraction of sp³-hybridized carbons (Fsp3) is 0.500. The van der Waals surface area contributed by atoms with Gasteiger partial charge >= 0.3 is 11.7 Å². The number of urea groups is 1. The van der Waals surface area contributed by atoms with Gasteiger partial charge in [-0.2, -0.15) is 0 Å². The molecule has 11 nitrogen and oxygen atoms in total. The van der Waals surface area contributed by atoms with Crippen LogP contribution in [0.1, 0.15) is 6.23 Å². The van der Waals surface area contributed by atoms with E-state index in [2.05, 4.69) is 11.5 Å². The maximum atomic E-state index is 11.4. The van der Waals surface area contributed by atoms with Crippen LogP contribution in [0.5, 0.6) is 0 Å². The molecule has 0 aromatic carbocycles. The molecule has 2 rings (SSSR count). The number of nitrogens with two attached hydrogens (primary N) is 2. The zero-order chi connectivity index (χ0) is 16.2. The first-order valence-corrected chi connectivity index (χ1v) is 5.76.